The highest BCUT2D eigenvalue weighted by molar-refractivity contribution is 6.07. The summed E-state index contributed by atoms with van der Waals surface area (Å²) in [7, 11) is 0. The first-order chi connectivity index (χ1) is 14.7. The summed E-state index contributed by atoms with van der Waals surface area (Å²) in [6, 6.07) is 29.1. The number of amides is 2. The molecule has 0 saturated carbocycles. The second-order valence-corrected chi connectivity index (χ2v) is 7.72. The number of hydroxylamine groups is 2. The number of likely N-dealkylation sites (tertiary alicyclic amines) is 1. The fourth-order valence-corrected chi connectivity index (χ4v) is 4.37. The van der Waals surface area contributed by atoms with E-state index < -0.39 is 12.0 Å². The Morgan fingerprint density at radius 3 is 1.80 bits per heavy atom. The van der Waals surface area contributed by atoms with Gasteiger partial charge < -0.3 is 0 Å². The molecule has 0 radical (unpaired) electrons. The molecule has 0 aliphatic carbocycles. The van der Waals surface area contributed by atoms with E-state index in [9.17, 15) is 9.59 Å². The van der Waals surface area contributed by atoms with Crippen LogP contribution in [0.4, 0.5) is 0 Å². The van der Waals surface area contributed by atoms with E-state index in [1.807, 2.05) is 91.0 Å². The molecule has 150 valence electrons. The molecule has 30 heavy (non-hydrogen) atoms. The van der Waals surface area contributed by atoms with Gasteiger partial charge in [0.1, 0.15) is 0 Å². The molecule has 2 saturated heterocycles. The molecule has 5 heteroatoms. The average molecular weight is 398 g/mol. The highest BCUT2D eigenvalue weighted by Gasteiger charge is 2.59. The fourth-order valence-electron chi connectivity index (χ4n) is 4.37. The molecule has 3 aromatic carbocycles. The van der Waals surface area contributed by atoms with Crippen LogP contribution >= 0.6 is 0 Å². The maximum Gasteiger partial charge on any atom is 0.261 e. The van der Waals surface area contributed by atoms with Crippen LogP contribution in [0.1, 0.15) is 22.7 Å². The second-order valence-electron chi connectivity index (χ2n) is 7.72. The third-order valence-corrected chi connectivity index (χ3v) is 5.79. The van der Waals surface area contributed by atoms with Crippen molar-refractivity contribution in [3.05, 3.63) is 108 Å². The molecule has 2 heterocycles. The number of fused-ring (bicyclic) bond motifs is 1. The lowest BCUT2D eigenvalue weighted by Crippen LogP contribution is -2.36. The first-order valence-corrected chi connectivity index (χ1v) is 10.1. The van der Waals surface area contributed by atoms with Crippen molar-refractivity contribution in [1.82, 2.24) is 9.96 Å². The minimum Gasteiger partial charge on any atom is -0.284 e. The Hall–Kier alpha value is -3.28. The van der Waals surface area contributed by atoms with Gasteiger partial charge in [-0.3, -0.25) is 19.3 Å². The highest BCUT2D eigenvalue weighted by atomic mass is 16.7. The van der Waals surface area contributed by atoms with E-state index in [1.54, 1.807) is 5.06 Å². The SMILES string of the molecule is O=C1[C@H]2[C@H](ON(Cc3ccccc3)[C@@H]2c2ccccc2)C(=O)N1Cc1ccccc1. The zero-order valence-corrected chi connectivity index (χ0v) is 16.4. The van der Waals surface area contributed by atoms with E-state index in [0.717, 1.165) is 16.7 Å². The smallest absolute Gasteiger partial charge is 0.261 e. The molecule has 0 unspecified atom stereocenters. The van der Waals surface area contributed by atoms with Gasteiger partial charge in [-0.2, -0.15) is 5.06 Å². The lowest BCUT2D eigenvalue weighted by molar-refractivity contribution is -0.184. The molecular formula is C25H22N2O3. The van der Waals surface area contributed by atoms with Crippen molar-refractivity contribution in [2.75, 3.05) is 0 Å². The zero-order chi connectivity index (χ0) is 20.5. The number of hydrogen-bond acceptors (Lipinski definition) is 4. The quantitative estimate of drug-likeness (QED) is 0.615. The number of nitrogens with zero attached hydrogens (tertiary/aromatic N) is 2. The highest BCUT2D eigenvalue weighted by Crippen LogP contribution is 2.45. The van der Waals surface area contributed by atoms with E-state index in [0.29, 0.717) is 6.54 Å². The van der Waals surface area contributed by atoms with Gasteiger partial charge in [-0.05, 0) is 16.7 Å². The topological polar surface area (TPSA) is 49.9 Å². The molecule has 0 spiro atoms. The molecule has 0 bridgehead atoms. The van der Waals surface area contributed by atoms with E-state index in [4.69, 9.17) is 4.84 Å². The minimum absolute atomic E-state index is 0.168. The first-order valence-electron chi connectivity index (χ1n) is 10.1. The number of carbonyl (C=O) groups is 2. The van der Waals surface area contributed by atoms with Crippen LogP contribution in [-0.4, -0.2) is 27.9 Å². The van der Waals surface area contributed by atoms with Crippen molar-refractivity contribution in [2.24, 2.45) is 5.92 Å². The number of rotatable bonds is 5. The molecule has 2 amide bonds. The van der Waals surface area contributed by atoms with E-state index in [1.165, 1.54) is 4.90 Å². The lowest BCUT2D eigenvalue weighted by atomic mass is 9.90. The minimum atomic E-state index is -0.782. The van der Waals surface area contributed by atoms with Crippen molar-refractivity contribution in [3.8, 4) is 0 Å². The Balaban J connectivity index is 1.46. The van der Waals surface area contributed by atoms with Gasteiger partial charge in [0, 0.05) is 6.54 Å². The Bertz CT molecular complexity index is 1040. The normalized spacial score (nSPS) is 23.7. The van der Waals surface area contributed by atoms with Crippen LogP contribution in [0.3, 0.4) is 0 Å². The van der Waals surface area contributed by atoms with E-state index >= 15 is 0 Å². The molecule has 2 fully saturated rings. The van der Waals surface area contributed by atoms with E-state index in [-0.39, 0.29) is 24.4 Å². The summed E-state index contributed by atoms with van der Waals surface area (Å²) >= 11 is 0. The summed E-state index contributed by atoms with van der Waals surface area (Å²) in [5.74, 6) is -0.976. The predicted octanol–water partition coefficient (Wildman–Crippen LogP) is 3.73. The van der Waals surface area contributed by atoms with Gasteiger partial charge in [-0.15, -0.1) is 0 Å². The van der Waals surface area contributed by atoms with E-state index in [2.05, 4.69) is 0 Å². The van der Waals surface area contributed by atoms with Crippen LogP contribution in [-0.2, 0) is 27.5 Å². The Morgan fingerprint density at radius 2 is 1.20 bits per heavy atom. The van der Waals surface area contributed by atoms with Crippen LogP contribution in [0, 0.1) is 5.92 Å². The van der Waals surface area contributed by atoms with Gasteiger partial charge in [0.25, 0.3) is 5.91 Å². The van der Waals surface area contributed by atoms with Crippen molar-refractivity contribution in [1.29, 1.82) is 0 Å². The molecule has 3 aromatic rings. The summed E-state index contributed by atoms with van der Waals surface area (Å²) in [5.41, 5.74) is 2.97. The number of benzene rings is 3. The van der Waals surface area contributed by atoms with Crippen molar-refractivity contribution in [3.63, 3.8) is 0 Å². The van der Waals surface area contributed by atoms with Crippen LogP contribution < -0.4 is 0 Å². The summed E-state index contributed by atoms with van der Waals surface area (Å²) in [6.07, 6.45) is -0.782. The average Bonchev–Trinajstić information content (AvgIpc) is 3.27. The summed E-state index contributed by atoms with van der Waals surface area (Å²) in [6.45, 7) is 0.779. The lowest BCUT2D eigenvalue weighted by Gasteiger charge is -2.27. The Kier molecular flexibility index (Phi) is 4.91. The third kappa shape index (κ3) is 3.32. The molecule has 3 atom stereocenters. The first kappa shape index (κ1) is 18.7. The zero-order valence-electron chi connectivity index (χ0n) is 16.4. The van der Waals surface area contributed by atoms with Gasteiger partial charge in [0.05, 0.1) is 18.5 Å². The predicted molar refractivity (Wildman–Crippen MR) is 112 cm³/mol. The maximum atomic E-state index is 13.4. The van der Waals surface area contributed by atoms with Crippen LogP contribution in [0.2, 0.25) is 0 Å². The molecule has 5 nitrogen and oxygen atoms in total. The van der Waals surface area contributed by atoms with Gasteiger partial charge in [-0.25, -0.2) is 0 Å². The molecule has 5 rings (SSSR count). The van der Waals surface area contributed by atoms with Crippen LogP contribution in [0.15, 0.2) is 91.0 Å². The van der Waals surface area contributed by atoms with Crippen molar-refractivity contribution in [2.45, 2.75) is 25.2 Å². The number of carbonyl (C=O) groups excluding carboxylic acids is 2. The number of imide groups is 1. The van der Waals surface area contributed by atoms with Gasteiger partial charge in [-0.1, -0.05) is 91.0 Å². The molecular weight excluding hydrogens is 376 g/mol. The molecule has 2 aliphatic heterocycles. The molecule has 0 N–H and O–H groups in total. The van der Waals surface area contributed by atoms with Crippen LogP contribution in [0.25, 0.3) is 0 Å². The second kappa shape index (κ2) is 7.86. The van der Waals surface area contributed by atoms with Gasteiger partial charge in [0.2, 0.25) is 5.91 Å². The summed E-state index contributed by atoms with van der Waals surface area (Å²) in [5, 5.41) is 1.80. The summed E-state index contributed by atoms with van der Waals surface area (Å²) < 4.78 is 0. The fraction of sp³-hybridized carbons (Fsp3) is 0.200. The van der Waals surface area contributed by atoms with Crippen molar-refractivity contribution >= 4 is 11.8 Å². The third-order valence-electron chi connectivity index (χ3n) is 5.79. The largest absolute Gasteiger partial charge is 0.284 e. The number of hydrogen-bond donors (Lipinski definition) is 0. The standard InChI is InChI=1S/C25H22N2O3/c28-24-21-22(20-14-8-3-9-15-20)27(17-19-12-6-2-7-13-19)30-23(21)25(29)26(24)16-18-10-4-1-5-11-18/h1-15,21-23H,16-17H2/t21-,22-,23+/m1/s1. The van der Waals surface area contributed by atoms with Gasteiger partial charge in [0.15, 0.2) is 6.10 Å². The Labute approximate surface area is 175 Å². The monoisotopic (exact) mass is 398 g/mol. The van der Waals surface area contributed by atoms with Gasteiger partial charge >= 0.3 is 0 Å². The summed E-state index contributed by atoms with van der Waals surface area (Å²) in [4.78, 5) is 34.0. The Morgan fingerprint density at radius 1 is 0.667 bits per heavy atom. The molecule has 2 aliphatic rings. The maximum absolute atomic E-state index is 13.4. The van der Waals surface area contributed by atoms with Crippen molar-refractivity contribution < 1.29 is 14.4 Å². The molecule has 0 aromatic heterocycles. The van der Waals surface area contributed by atoms with Crippen LogP contribution in [0.5, 0.6) is 0 Å².